The van der Waals surface area contributed by atoms with E-state index in [1.54, 1.807) is 41.7 Å². The lowest BCUT2D eigenvalue weighted by atomic mass is 9.83. The lowest BCUT2D eigenvalue weighted by Crippen LogP contribution is -2.25. The van der Waals surface area contributed by atoms with Crippen molar-refractivity contribution >= 4 is 28.1 Å². The molecule has 0 spiro atoms. The zero-order chi connectivity index (χ0) is 25.7. The number of anilines is 2. The summed E-state index contributed by atoms with van der Waals surface area (Å²) in [4.78, 5) is 14.4. The molecule has 0 radical (unpaired) electrons. The maximum Gasteiger partial charge on any atom is 0.264 e. The predicted molar refractivity (Wildman–Crippen MR) is 143 cm³/mol. The van der Waals surface area contributed by atoms with Crippen molar-refractivity contribution in [2.45, 2.75) is 64.2 Å². The first-order valence-electron chi connectivity index (χ1n) is 13.3. The molecule has 1 fully saturated rings. The quantitative estimate of drug-likeness (QED) is 0.286. The minimum Gasteiger partial charge on any atom is -0.341 e. The van der Waals surface area contributed by atoms with E-state index in [1.807, 2.05) is 18.5 Å². The van der Waals surface area contributed by atoms with Crippen LogP contribution in [-0.4, -0.2) is 26.8 Å². The number of aryl methyl sites for hydroxylation is 2. The number of aromatic nitrogens is 3. The van der Waals surface area contributed by atoms with Gasteiger partial charge in [-0.25, -0.2) is 8.78 Å². The van der Waals surface area contributed by atoms with Crippen molar-refractivity contribution in [3.05, 3.63) is 65.7 Å². The van der Waals surface area contributed by atoms with Gasteiger partial charge in [0.1, 0.15) is 0 Å². The van der Waals surface area contributed by atoms with Crippen LogP contribution in [0.2, 0.25) is 0 Å². The van der Waals surface area contributed by atoms with Crippen LogP contribution in [0.1, 0.15) is 79.3 Å². The fourth-order valence-electron chi connectivity index (χ4n) is 6.22. The van der Waals surface area contributed by atoms with Crippen LogP contribution in [0.25, 0.3) is 21.9 Å². The Morgan fingerprint density at radius 3 is 2.51 bits per heavy atom. The smallest absolute Gasteiger partial charge is 0.264 e. The zero-order valence-electron chi connectivity index (χ0n) is 21.4. The minimum atomic E-state index is -2.60. The summed E-state index contributed by atoms with van der Waals surface area (Å²) in [6.45, 7) is 2.31. The minimum absolute atomic E-state index is 0.0274. The van der Waals surface area contributed by atoms with Crippen molar-refractivity contribution in [2.75, 3.05) is 11.4 Å². The van der Waals surface area contributed by atoms with Crippen LogP contribution < -0.4 is 4.90 Å². The summed E-state index contributed by atoms with van der Waals surface area (Å²) in [7, 11) is 1.80. The largest absolute Gasteiger partial charge is 0.341 e. The van der Waals surface area contributed by atoms with Crippen LogP contribution in [0.5, 0.6) is 0 Å². The molecule has 0 N–H and O–H groups in total. The van der Waals surface area contributed by atoms with E-state index >= 15 is 0 Å². The number of hydrogen-bond acceptors (Lipinski definition) is 3. The van der Waals surface area contributed by atoms with Crippen molar-refractivity contribution in [1.82, 2.24) is 14.3 Å². The molecule has 0 unspecified atom stereocenters. The summed E-state index contributed by atoms with van der Waals surface area (Å²) in [6, 6.07) is 8.11. The van der Waals surface area contributed by atoms with Gasteiger partial charge in [-0.3, -0.25) is 14.0 Å². The molecular weight excluding hydrogens is 470 g/mol. The topological polar surface area (TPSA) is 43.1 Å². The number of rotatable bonds is 4. The molecule has 192 valence electrons. The molecule has 7 heteroatoms. The Morgan fingerprint density at radius 2 is 1.81 bits per heavy atom. The monoisotopic (exact) mass is 502 g/mol. The second kappa shape index (κ2) is 9.43. The maximum atomic E-state index is 14.4. The molecule has 2 aliphatic rings. The summed E-state index contributed by atoms with van der Waals surface area (Å²) in [6.07, 6.45) is 12.5. The van der Waals surface area contributed by atoms with Crippen LogP contribution in [0.3, 0.4) is 0 Å². The number of carbonyl (C=O) groups is 1. The van der Waals surface area contributed by atoms with Gasteiger partial charge in [0.05, 0.1) is 11.9 Å². The van der Waals surface area contributed by atoms with Gasteiger partial charge < -0.3 is 4.90 Å². The molecule has 4 aromatic rings. The first-order valence-corrected chi connectivity index (χ1v) is 13.3. The van der Waals surface area contributed by atoms with Crippen molar-refractivity contribution in [2.24, 2.45) is 7.05 Å². The van der Waals surface area contributed by atoms with E-state index in [9.17, 15) is 13.6 Å². The molecule has 37 heavy (non-hydrogen) atoms. The molecule has 1 aliphatic heterocycles. The number of benzene rings is 2. The lowest BCUT2D eigenvalue weighted by Gasteiger charge is -2.34. The molecule has 0 atom stereocenters. The summed E-state index contributed by atoms with van der Waals surface area (Å²) in [5.41, 5.74) is 5.48. The van der Waals surface area contributed by atoms with Gasteiger partial charge in [-0.1, -0.05) is 19.3 Å². The Kier molecular flexibility index (Phi) is 6.09. The Morgan fingerprint density at radius 1 is 1.00 bits per heavy atom. The molecule has 2 aromatic carbocycles. The number of alkyl halides is 2. The van der Waals surface area contributed by atoms with Gasteiger partial charge in [0, 0.05) is 66.7 Å². The zero-order valence-corrected chi connectivity index (χ0v) is 21.4. The standard InChI is InChI=1S/C30H32F2N4O/c1-19(37)35-17-23-11-22(20-7-4-3-5-8-20)13-29(27(23)18-35)36-10-6-9-21-12-25(24-15-33-34(2)16-24)26(30(31)32)14-28(21)36/h11-18,20,30H,3-10H2,1-2H3. The predicted octanol–water partition coefficient (Wildman–Crippen LogP) is 7.77. The van der Waals surface area contributed by atoms with E-state index in [0.717, 1.165) is 47.1 Å². The molecule has 0 amide bonds. The Hall–Kier alpha value is -3.48. The van der Waals surface area contributed by atoms with Crippen LogP contribution in [0.4, 0.5) is 20.2 Å². The number of fused-ring (bicyclic) bond motifs is 2. The van der Waals surface area contributed by atoms with Crippen LogP contribution >= 0.6 is 0 Å². The van der Waals surface area contributed by atoms with Gasteiger partial charge in [-0.05, 0) is 72.6 Å². The Labute approximate surface area is 215 Å². The Balaban J connectivity index is 1.53. The number of halogens is 2. The maximum absolute atomic E-state index is 14.4. The second-order valence-electron chi connectivity index (χ2n) is 10.6. The van der Waals surface area contributed by atoms with Crippen molar-refractivity contribution in [1.29, 1.82) is 0 Å². The fraction of sp³-hybridized carbons (Fsp3) is 0.400. The lowest BCUT2D eigenvalue weighted by molar-refractivity contribution is 0.0937. The molecule has 0 saturated heterocycles. The molecule has 5 nitrogen and oxygen atoms in total. The van der Waals surface area contributed by atoms with Gasteiger partial charge in [-0.15, -0.1) is 0 Å². The van der Waals surface area contributed by atoms with E-state index < -0.39 is 6.43 Å². The van der Waals surface area contributed by atoms with E-state index in [0.29, 0.717) is 17.0 Å². The highest BCUT2D eigenvalue weighted by Gasteiger charge is 2.27. The first-order chi connectivity index (χ1) is 17.9. The van der Waals surface area contributed by atoms with Gasteiger partial charge in [0.15, 0.2) is 0 Å². The van der Waals surface area contributed by atoms with Crippen LogP contribution in [0, 0.1) is 0 Å². The summed E-state index contributed by atoms with van der Waals surface area (Å²) < 4.78 is 32.1. The number of hydrogen-bond donors (Lipinski definition) is 0. The number of carbonyl (C=O) groups excluding carboxylic acids is 1. The SMILES string of the molecule is CC(=O)n1cc2cc(C3CCCCC3)cc(N3CCCc4cc(-c5cnn(C)c5)c(C(F)F)cc43)c2c1. The highest BCUT2D eigenvalue weighted by atomic mass is 19.3. The molecule has 6 rings (SSSR count). The first kappa shape index (κ1) is 23.9. The molecule has 0 bridgehead atoms. The van der Waals surface area contributed by atoms with Crippen LogP contribution in [0.15, 0.2) is 49.1 Å². The van der Waals surface area contributed by atoms with Gasteiger partial charge >= 0.3 is 0 Å². The van der Waals surface area contributed by atoms with Gasteiger partial charge in [0.2, 0.25) is 5.91 Å². The van der Waals surface area contributed by atoms with E-state index in [2.05, 4.69) is 22.1 Å². The molecule has 2 aromatic heterocycles. The summed E-state index contributed by atoms with van der Waals surface area (Å²) in [5.74, 6) is 0.452. The third kappa shape index (κ3) is 4.34. The Bertz CT molecular complexity index is 1480. The van der Waals surface area contributed by atoms with E-state index in [-0.39, 0.29) is 11.5 Å². The molecule has 3 heterocycles. The molecule has 1 aliphatic carbocycles. The molecular formula is C30H32F2N4O. The number of nitrogens with zero attached hydrogens (tertiary/aromatic N) is 4. The third-order valence-corrected chi connectivity index (χ3v) is 8.11. The summed E-state index contributed by atoms with van der Waals surface area (Å²) in [5, 5.41) is 6.22. The van der Waals surface area contributed by atoms with E-state index in [4.69, 9.17) is 0 Å². The normalized spacial score (nSPS) is 16.5. The third-order valence-electron chi connectivity index (χ3n) is 8.11. The van der Waals surface area contributed by atoms with Gasteiger partial charge in [0.25, 0.3) is 6.43 Å². The second-order valence-corrected chi connectivity index (χ2v) is 10.6. The fourth-order valence-corrected chi connectivity index (χ4v) is 6.22. The highest BCUT2D eigenvalue weighted by molar-refractivity contribution is 5.99. The van der Waals surface area contributed by atoms with Crippen molar-refractivity contribution in [3.63, 3.8) is 0 Å². The average Bonchev–Trinajstić information content (AvgIpc) is 3.54. The van der Waals surface area contributed by atoms with Crippen molar-refractivity contribution in [3.8, 4) is 11.1 Å². The molecule has 1 saturated carbocycles. The summed E-state index contributed by atoms with van der Waals surface area (Å²) >= 11 is 0. The van der Waals surface area contributed by atoms with Crippen molar-refractivity contribution < 1.29 is 13.6 Å². The average molecular weight is 503 g/mol. The van der Waals surface area contributed by atoms with E-state index in [1.165, 1.54) is 37.7 Å². The van der Waals surface area contributed by atoms with Crippen LogP contribution in [-0.2, 0) is 13.5 Å². The highest BCUT2D eigenvalue weighted by Crippen LogP contribution is 2.45. The van der Waals surface area contributed by atoms with Gasteiger partial charge in [-0.2, -0.15) is 5.10 Å².